The van der Waals surface area contributed by atoms with Gasteiger partial charge in [-0.25, -0.2) is 0 Å². The average Bonchev–Trinajstić information content (AvgIpc) is 2.04. The van der Waals surface area contributed by atoms with Gasteiger partial charge in [-0.1, -0.05) is 6.92 Å². The largest absolute Gasteiger partial charge is 0.312 e. The first-order chi connectivity index (χ1) is 6.17. The van der Waals surface area contributed by atoms with Crippen LogP contribution in [0.1, 0.15) is 36.3 Å². The molecule has 1 aromatic rings. The number of aryl methyl sites for hydroxylation is 2. The summed E-state index contributed by atoms with van der Waals surface area (Å²) in [6.07, 6.45) is 1.08. The predicted molar refractivity (Wildman–Crippen MR) is 55.8 cm³/mol. The van der Waals surface area contributed by atoms with Crippen molar-refractivity contribution in [1.82, 2.24) is 10.3 Å². The molecule has 0 fully saturated rings. The van der Waals surface area contributed by atoms with E-state index in [1.165, 1.54) is 5.56 Å². The molecule has 1 heterocycles. The second-order valence-corrected chi connectivity index (χ2v) is 3.46. The normalized spacial score (nSPS) is 12.9. The Balaban J connectivity index is 2.99. The van der Waals surface area contributed by atoms with Gasteiger partial charge in [-0.05, 0) is 45.0 Å². The van der Waals surface area contributed by atoms with Crippen LogP contribution in [0.5, 0.6) is 0 Å². The summed E-state index contributed by atoms with van der Waals surface area (Å²) in [6.45, 7) is 6.32. The van der Waals surface area contributed by atoms with Gasteiger partial charge in [0.05, 0.1) is 5.69 Å². The Morgan fingerprint density at radius 1 is 1.38 bits per heavy atom. The first kappa shape index (κ1) is 10.2. The lowest BCUT2D eigenvalue weighted by Gasteiger charge is -2.14. The van der Waals surface area contributed by atoms with Gasteiger partial charge >= 0.3 is 0 Å². The van der Waals surface area contributed by atoms with Gasteiger partial charge in [0, 0.05) is 11.7 Å². The minimum Gasteiger partial charge on any atom is -0.312 e. The molecule has 1 rings (SSSR count). The molecule has 13 heavy (non-hydrogen) atoms. The van der Waals surface area contributed by atoms with Crippen molar-refractivity contribution in [3.05, 3.63) is 29.1 Å². The van der Waals surface area contributed by atoms with Gasteiger partial charge < -0.3 is 5.32 Å². The Hall–Kier alpha value is -0.890. The predicted octanol–water partition coefficient (Wildman–Crippen LogP) is 2.37. The van der Waals surface area contributed by atoms with Crippen LogP contribution in [0, 0.1) is 13.8 Å². The molecule has 0 spiro atoms. The van der Waals surface area contributed by atoms with Crippen molar-refractivity contribution in [3.8, 4) is 0 Å². The molecule has 72 valence electrons. The Kier molecular flexibility index (Phi) is 3.43. The Morgan fingerprint density at radius 3 is 2.54 bits per heavy atom. The molecular formula is C11H18N2. The van der Waals surface area contributed by atoms with Crippen molar-refractivity contribution in [1.29, 1.82) is 0 Å². The first-order valence-electron chi connectivity index (χ1n) is 4.79. The minimum atomic E-state index is 0.388. The van der Waals surface area contributed by atoms with Crippen LogP contribution < -0.4 is 5.32 Å². The highest BCUT2D eigenvalue weighted by Gasteiger charge is 2.08. The molecule has 1 N–H and O–H groups in total. The van der Waals surface area contributed by atoms with E-state index in [0.717, 1.165) is 17.8 Å². The van der Waals surface area contributed by atoms with Gasteiger partial charge in [0.15, 0.2) is 0 Å². The molecule has 0 saturated heterocycles. The van der Waals surface area contributed by atoms with E-state index >= 15 is 0 Å². The zero-order chi connectivity index (χ0) is 9.84. The van der Waals surface area contributed by atoms with E-state index in [2.05, 4.69) is 36.3 Å². The monoisotopic (exact) mass is 178 g/mol. The maximum Gasteiger partial charge on any atom is 0.0578 e. The van der Waals surface area contributed by atoms with Gasteiger partial charge in [-0.2, -0.15) is 0 Å². The van der Waals surface area contributed by atoms with Gasteiger partial charge in [-0.15, -0.1) is 0 Å². The zero-order valence-corrected chi connectivity index (χ0v) is 8.89. The SMILES string of the molecule is CCC(NC)c1cc(C)cc(C)n1. The summed E-state index contributed by atoms with van der Waals surface area (Å²) in [5, 5.41) is 3.26. The lowest BCUT2D eigenvalue weighted by Crippen LogP contribution is -2.17. The van der Waals surface area contributed by atoms with E-state index in [1.54, 1.807) is 0 Å². The van der Waals surface area contributed by atoms with Gasteiger partial charge in [0.25, 0.3) is 0 Å². The summed E-state index contributed by atoms with van der Waals surface area (Å²) < 4.78 is 0. The second-order valence-electron chi connectivity index (χ2n) is 3.46. The molecule has 1 unspecified atom stereocenters. The third-order valence-corrected chi connectivity index (χ3v) is 2.23. The molecule has 0 aromatic carbocycles. The number of pyridine rings is 1. The topological polar surface area (TPSA) is 24.9 Å². The van der Waals surface area contributed by atoms with E-state index in [4.69, 9.17) is 0 Å². The molecule has 0 aliphatic carbocycles. The molecular weight excluding hydrogens is 160 g/mol. The fourth-order valence-electron chi connectivity index (χ4n) is 1.61. The van der Waals surface area contributed by atoms with Crippen molar-refractivity contribution in [3.63, 3.8) is 0 Å². The number of hydrogen-bond donors (Lipinski definition) is 1. The maximum atomic E-state index is 4.51. The van der Waals surface area contributed by atoms with Crippen LogP contribution >= 0.6 is 0 Å². The smallest absolute Gasteiger partial charge is 0.0578 e. The number of rotatable bonds is 3. The highest BCUT2D eigenvalue weighted by molar-refractivity contribution is 5.21. The highest BCUT2D eigenvalue weighted by atomic mass is 14.9. The number of nitrogens with one attached hydrogen (secondary N) is 1. The summed E-state index contributed by atoms with van der Waals surface area (Å²) in [4.78, 5) is 4.51. The number of aromatic nitrogens is 1. The van der Waals surface area contributed by atoms with E-state index in [-0.39, 0.29) is 0 Å². The third kappa shape index (κ3) is 2.52. The van der Waals surface area contributed by atoms with Gasteiger partial charge in [0.2, 0.25) is 0 Å². The molecule has 0 bridgehead atoms. The fraction of sp³-hybridized carbons (Fsp3) is 0.545. The van der Waals surface area contributed by atoms with E-state index in [9.17, 15) is 0 Å². The molecule has 2 heteroatoms. The van der Waals surface area contributed by atoms with Crippen LogP contribution in [0.3, 0.4) is 0 Å². The van der Waals surface area contributed by atoms with Crippen LogP contribution in [0.25, 0.3) is 0 Å². The Labute approximate surface area is 80.4 Å². The maximum absolute atomic E-state index is 4.51. The molecule has 1 atom stereocenters. The number of hydrogen-bond acceptors (Lipinski definition) is 2. The van der Waals surface area contributed by atoms with Gasteiger partial charge in [-0.3, -0.25) is 4.98 Å². The van der Waals surface area contributed by atoms with E-state index in [1.807, 2.05) is 14.0 Å². The molecule has 0 amide bonds. The summed E-state index contributed by atoms with van der Waals surface area (Å²) in [5.74, 6) is 0. The fourth-order valence-corrected chi connectivity index (χ4v) is 1.61. The van der Waals surface area contributed by atoms with Gasteiger partial charge in [0.1, 0.15) is 0 Å². The molecule has 0 radical (unpaired) electrons. The Morgan fingerprint density at radius 2 is 2.08 bits per heavy atom. The summed E-state index contributed by atoms with van der Waals surface area (Å²) >= 11 is 0. The lowest BCUT2D eigenvalue weighted by molar-refractivity contribution is 0.560. The highest BCUT2D eigenvalue weighted by Crippen LogP contribution is 2.15. The molecule has 0 aliphatic heterocycles. The van der Waals surface area contributed by atoms with E-state index in [0.29, 0.717) is 6.04 Å². The number of nitrogens with zero attached hydrogens (tertiary/aromatic N) is 1. The van der Waals surface area contributed by atoms with Crippen molar-refractivity contribution in [2.24, 2.45) is 0 Å². The van der Waals surface area contributed by atoms with Crippen LogP contribution in [0.4, 0.5) is 0 Å². The minimum absolute atomic E-state index is 0.388. The Bertz CT molecular complexity index is 257. The van der Waals surface area contributed by atoms with Crippen LogP contribution in [0.2, 0.25) is 0 Å². The van der Waals surface area contributed by atoms with Crippen LogP contribution in [0.15, 0.2) is 12.1 Å². The quantitative estimate of drug-likeness (QED) is 0.768. The third-order valence-electron chi connectivity index (χ3n) is 2.23. The molecule has 2 nitrogen and oxygen atoms in total. The van der Waals surface area contributed by atoms with E-state index < -0.39 is 0 Å². The molecule has 1 aromatic heterocycles. The molecule has 0 aliphatic rings. The standard InChI is InChI=1S/C11H18N2/c1-5-10(12-4)11-7-8(2)6-9(3)13-11/h6-7,10,12H,5H2,1-4H3. The first-order valence-corrected chi connectivity index (χ1v) is 4.79. The molecule has 0 saturated carbocycles. The zero-order valence-electron chi connectivity index (χ0n) is 8.89. The summed E-state index contributed by atoms with van der Waals surface area (Å²) in [6, 6.07) is 4.64. The van der Waals surface area contributed by atoms with Crippen molar-refractivity contribution in [2.45, 2.75) is 33.2 Å². The summed E-state index contributed by atoms with van der Waals surface area (Å²) in [7, 11) is 1.98. The lowest BCUT2D eigenvalue weighted by atomic mass is 10.1. The summed E-state index contributed by atoms with van der Waals surface area (Å²) in [5.41, 5.74) is 3.54. The van der Waals surface area contributed by atoms with Crippen molar-refractivity contribution < 1.29 is 0 Å². The average molecular weight is 178 g/mol. The second kappa shape index (κ2) is 4.38. The van der Waals surface area contributed by atoms with Crippen molar-refractivity contribution in [2.75, 3.05) is 7.05 Å². The van der Waals surface area contributed by atoms with Crippen LogP contribution in [-0.2, 0) is 0 Å². The van der Waals surface area contributed by atoms with Crippen LogP contribution in [-0.4, -0.2) is 12.0 Å². The van der Waals surface area contributed by atoms with Crippen molar-refractivity contribution >= 4 is 0 Å².